The maximum Gasteiger partial charge on any atom is 0.341 e. The second-order valence-electron chi connectivity index (χ2n) is 4.38. The maximum atomic E-state index is 5.68. The van der Waals surface area contributed by atoms with Crippen LogP contribution in [0.15, 0.2) is 59.3 Å². The monoisotopic (exact) mass is 344 g/mol. The number of nitrogens with zero attached hydrogens (tertiary/aromatic N) is 3. The zero-order valence-electron chi connectivity index (χ0n) is 11.1. The van der Waals surface area contributed by atoms with E-state index in [-0.39, 0.29) is 0 Å². The summed E-state index contributed by atoms with van der Waals surface area (Å²) in [7, 11) is 0. The first-order valence-corrected chi connectivity index (χ1v) is 7.19. The first kappa shape index (κ1) is 13.8. The van der Waals surface area contributed by atoms with Gasteiger partial charge in [-0.1, -0.05) is 24.3 Å². The van der Waals surface area contributed by atoms with Gasteiger partial charge in [-0.25, -0.2) is 4.68 Å². The lowest BCUT2D eigenvalue weighted by Gasteiger charge is -2.05. The number of ether oxygens (including phenoxy) is 1. The molecule has 2 N–H and O–H groups in total. The highest BCUT2D eigenvalue weighted by atomic mass is 79.9. The van der Waals surface area contributed by atoms with Gasteiger partial charge in [0.15, 0.2) is 0 Å². The molecule has 3 aromatic rings. The summed E-state index contributed by atoms with van der Waals surface area (Å²) >= 11 is 3.45. The molecule has 5 nitrogen and oxygen atoms in total. The molecule has 0 aliphatic heterocycles. The summed E-state index contributed by atoms with van der Waals surface area (Å²) in [6, 6.07) is 15.7. The molecule has 0 aliphatic carbocycles. The standard InChI is InChI=1S/C15H13BrN4O/c16-13-8-11(9-17)6-7-14(13)21-15-18-10-20(19-15)12-4-2-1-3-5-12/h1-8,10H,9,17H2. The van der Waals surface area contributed by atoms with Crippen LogP contribution in [0.3, 0.4) is 0 Å². The average Bonchev–Trinajstić information content (AvgIpc) is 2.99. The summed E-state index contributed by atoms with van der Waals surface area (Å²) in [5.41, 5.74) is 7.55. The van der Waals surface area contributed by atoms with Crippen molar-refractivity contribution >= 4 is 15.9 Å². The van der Waals surface area contributed by atoms with Gasteiger partial charge in [-0.3, -0.25) is 0 Å². The Balaban J connectivity index is 1.82. The predicted molar refractivity (Wildman–Crippen MR) is 83.5 cm³/mol. The molecule has 0 aliphatic rings. The van der Waals surface area contributed by atoms with Crippen molar-refractivity contribution in [3.05, 3.63) is 64.9 Å². The van der Waals surface area contributed by atoms with Gasteiger partial charge in [0.2, 0.25) is 0 Å². The lowest BCUT2D eigenvalue weighted by atomic mass is 10.2. The van der Waals surface area contributed by atoms with Gasteiger partial charge in [0.05, 0.1) is 10.2 Å². The molecule has 0 fully saturated rings. The molecule has 0 saturated heterocycles. The number of para-hydroxylation sites is 1. The first-order valence-electron chi connectivity index (χ1n) is 6.39. The van der Waals surface area contributed by atoms with Gasteiger partial charge in [-0.15, -0.1) is 5.10 Å². The minimum Gasteiger partial charge on any atom is -0.422 e. The molecule has 21 heavy (non-hydrogen) atoms. The van der Waals surface area contributed by atoms with Gasteiger partial charge in [0.25, 0.3) is 0 Å². The lowest BCUT2D eigenvalue weighted by Crippen LogP contribution is -1.97. The molecule has 0 bridgehead atoms. The minimum atomic E-state index is 0.292. The molecule has 106 valence electrons. The quantitative estimate of drug-likeness (QED) is 0.788. The molecule has 3 rings (SSSR count). The van der Waals surface area contributed by atoms with E-state index in [4.69, 9.17) is 10.5 Å². The summed E-state index contributed by atoms with van der Waals surface area (Å²) < 4.78 is 8.17. The first-order chi connectivity index (χ1) is 10.3. The van der Waals surface area contributed by atoms with Crippen LogP contribution in [0.1, 0.15) is 5.56 Å². The minimum absolute atomic E-state index is 0.292. The van der Waals surface area contributed by atoms with Crippen LogP contribution in [0, 0.1) is 0 Å². The molecule has 0 amide bonds. The largest absolute Gasteiger partial charge is 0.422 e. The van der Waals surface area contributed by atoms with Crippen LogP contribution in [0.5, 0.6) is 11.8 Å². The van der Waals surface area contributed by atoms with Gasteiger partial charge >= 0.3 is 6.01 Å². The number of rotatable bonds is 4. The average molecular weight is 345 g/mol. The van der Waals surface area contributed by atoms with E-state index in [1.54, 1.807) is 11.0 Å². The molecule has 0 radical (unpaired) electrons. The molecular formula is C15H13BrN4O. The second-order valence-corrected chi connectivity index (χ2v) is 5.23. The van der Waals surface area contributed by atoms with Gasteiger partial charge in [-0.2, -0.15) is 4.98 Å². The number of halogens is 1. The van der Waals surface area contributed by atoms with Crippen molar-refractivity contribution in [2.24, 2.45) is 5.73 Å². The Hall–Kier alpha value is -2.18. The molecule has 1 heterocycles. The second kappa shape index (κ2) is 6.07. The topological polar surface area (TPSA) is 66.0 Å². The van der Waals surface area contributed by atoms with E-state index in [0.29, 0.717) is 18.3 Å². The van der Waals surface area contributed by atoms with Crippen molar-refractivity contribution in [1.29, 1.82) is 0 Å². The molecule has 0 saturated carbocycles. The Kier molecular flexibility index (Phi) is 3.98. The highest BCUT2D eigenvalue weighted by molar-refractivity contribution is 9.10. The lowest BCUT2D eigenvalue weighted by molar-refractivity contribution is 0.438. The molecule has 6 heteroatoms. The van der Waals surface area contributed by atoms with Crippen LogP contribution in [-0.4, -0.2) is 14.8 Å². The van der Waals surface area contributed by atoms with E-state index >= 15 is 0 Å². The summed E-state index contributed by atoms with van der Waals surface area (Å²) in [6.45, 7) is 0.486. The van der Waals surface area contributed by atoms with Gasteiger partial charge in [0.1, 0.15) is 12.1 Å². The number of benzene rings is 2. The van der Waals surface area contributed by atoms with Crippen LogP contribution in [-0.2, 0) is 6.54 Å². The third-order valence-electron chi connectivity index (χ3n) is 2.92. The van der Waals surface area contributed by atoms with E-state index in [2.05, 4.69) is 26.0 Å². The molecular weight excluding hydrogens is 332 g/mol. The van der Waals surface area contributed by atoms with Crippen LogP contribution in [0.4, 0.5) is 0 Å². The van der Waals surface area contributed by atoms with Crippen molar-refractivity contribution in [2.75, 3.05) is 0 Å². The van der Waals surface area contributed by atoms with E-state index in [1.807, 2.05) is 48.5 Å². The number of aromatic nitrogens is 3. The fourth-order valence-corrected chi connectivity index (χ4v) is 2.36. The third-order valence-corrected chi connectivity index (χ3v) is 3.54. The van der Waals surface area contributed by atoms with E-state index < -0.39 is 0 Å². The Morgan fingerprint density at radius 3 is 2.67 bits per heavy atom. The summed E-state index contributed by atoms with van der Waals surface area (Å²) in [5, 5.41) is 4.30. The van der Waals surface area contributed by atoms with Crippen molar-refractivity contribution in [2.45, 2.75) is 6.54 Å². The van der Waals surface area contributed by atoms with Gasteiger partial charge < -0.3 is 10.5 Å². The zero-order chi connectivity index (χ0) is 14.7. The predicted octanol–water partition coefficient (Wildman–Crippen LogP) is 3.28. The van der Waals surface area contributed by atoms with E-state index in [9.17, 15) is 0 Å². The number of hydrogen-bond donors (Lipinski definition) is 1. The highest BCUT2D eigenvalue weighted by Crippen LogP contribution is 2.29. The zero-order valence-corrected chi connectivity index (χ0v) is 12.7. The van der Waals surface area contributed by atoms with Crippen molar-refractivity contribution in [3.8, 4) is 17.4 Å². The molecule has 2 aromatic carbocycles. The highest BCUT2D eigenvalue weighted by Gasteiger charge is 2.08. The molecule has 1 aromatic heterocycles. The normalized spacial score (nSPS) is 10.6. The number of hydrogen-bond acceptors (Lipinski definition) is 4. The van der Waals surface area contributed by atoms with Crippen LogP contribution < -0.4 is 10.5 Å². The third kappa shape index (κ3) is 3.12. The van der Waals surface area contributed by atoms with Crippen LogP contribution >= 0.6 is 15.9 Å². The Morgan fingerprint density at radius 2 is 1.95 bits per heavy atom. The van der Waals surface area contributed by atoms with Gasteiger partial charge in [-0.05, 0) is 45.8 Å². The van der Waals surface area contributed by atoms with E-state index in [1.165, 1.54) is 0 Å². The van der Waals surface area contributed by atoms with Crippen LogP contribution in [0.2, 0.25) is 0 Å². The number of nitrogens with two attached hydrogens (primary N) is 1. The van der Waals surface area contributed by atoms with Crippen molar-refractivity contribution in [3.63, 3.8) is 0 Å². The fourth-order valence-electron chi connectivity index (χ4n) is 1.85. The molecule has 0 spiro atoms. The SMILES string of the molecule is NCc1ccc(Oc2ncn(-c3ccccc3)n2)c(Br)c1. The molecule has 0 atom stereocenters. The fraction of sp³-hybridized carbons (Fsp3) is 0.0667. The summed E-state index contributed by atoms with van der Waals surface area (Å²) in [6.07, 6.45) is 1.62. The van der Waals surface area contributed by atoms with Crippen molar-refractivity contribution in [1.82, 2.24) is 14.8 Å². The van der Waals surface area contributed by atoms with Crippen LogP contribution in [0.25, 0.3) is 5.69 Å². The van der Waals surface area contributed by atoms with E-state index in [0.717, 1.165) is 15.7 Å². The van der Waals surface area contributed by atoms with Gasteiger partial charge in [0, 0.05) is 6.54 Å². The van der Waals surface area contributed by atoms with Crippen molar-refractivity contribution < 1.29 is 4.74 Å². The molecule has 0 unspecified atom stereocenters. The summed E-state index contributed by atoms with van der Waals surface area (Å²) in [5.74, 6) is 0.651. The maximum absolute atomic E-state index is 5.68. The Labute approximate surface area is 130 Å². The summed E-state index contributed by atoms with van der Waals surface area (Å²) in [4.78, 5) is 4.16. The Morgan fingerprint density at radius 1 is 1.14 bits per heavy atom. The smallest absolute Gasteiger partial charge is 0.341 e. The Bertz CT molecular complexity index is 742.